The fourth-order valence-corrected chi connectivity index (χ4v) is 3.61. The number of benzene rings is 2. The largest absolute Gasteiger partial charge is 0.466 e. The lowest BCUT2D eigenvalue weighted by molar-refractivity contribution is -0.151. The number of likely N-dealkylation sites (tertiary alicyclic amines) is 1. The number of para-hydroxylation sites is 1. The molecule has 1 aliphatic heterocycles. The van der Waals surface area contributed by atoms with E-state index in [1.165, 1.54) is 0 Å². The van der Waals surface area contributed by atoms with Crippen molar-refractivity contribution in [1.29, 1.82) is 0 Å². The molecule has 1 fully saturated rings. The number of hydrogen-bond donors (Lipinski definition) is 1. The highest BCUT2D eigenvalue weighted by molar-refractivity contribution is 6.05. The SMILES string of the molecule is CCOC(=O)C1CCN(C(=O)CNc2ccc(C(=O)N(C)c3ccccc3)cc2)CC1. The molecule has 2 aromatic carbocycles. The van der Waals surface area contributed by atoms with Gasteiger partial charge in [0.25, 0.3) is 5.91 Å². The molecule has 164 valence electrons. The van der Waals surface area contributed by atoms with E-state index in [0.29, 0.717) is 38.1 Å². The van der Waals surface area contributed by atoms with E-state index >= 15 is 0 Å². The van der Waals surface area contributed by atoms with Gasteiger partial charge in [-0.15, -0.1) is 0 Å². The normalized spacial score (nSPS) is 14.1. The zero-order valence-corrected chi connectivity index (χ0v) is 18.0. The van der Waals surface area contributed by atoms with Crippen LogP contribution in [0.5, 0.6) is 0 Å². The first-order chi connectivity index (χ1) is 15.0. The second kappa shape index (κ2) is 10.6. The van der Waals surface area contributed by atoms with Crippen molar-refractivity contribution in [1.82, 2.24) is 4.90 Å². The van der Waals surface area contributed by atoms with Gasteiger partial charge in [-0.3, -0.25) is 14.4 Å². The Labute approximate surface area is 183 Å². The molecule has 31 heavy (non-hydrogen) atoms. The van der Waals surface area contributed by atoms with Gasteiger partial charge < -0.3 is 19.9 Å². The first-order valence-corrected chi connectivity index (χ1v) is 10.6. The highest BCUT2D eigenvalue weighted by atomic mass is 16.5. The van der Waals surface area contributed by atoms with Crippen LogP contribution in [0.2, 0.25) is 0 Å². The van der Waals surface area contributed by atoms with Crippen molar-refractivity contribution < 1.29 is 19.1 Å². The van der Waals surface area contributed by atoms with Crippen LogP contribution >= 0.6 is 0 Å². The van der Waals surface area contributed by atoms with E-state index in [-0.39, 0.29) is 30.2 Å². The van der Waals surface area contributed by atoms with Gasteiger partial charge in [-0.2, -0.15) is 0 Å². The number of esters is 1. The third kappa shape index (κ3) is 5.84. The number of anilines is 2. The van der Waals surface area contributed by atoms with E-state index in [2.05, 4.69) is 5.32 Å². The molecule has 0 aromatic heterocycles. The van der Waals surface area contributed by atoms with Gasteiger partial charge in [0.15, 0.2) is 0 Å². The molecule has 7 heteroatoms. The first-order valence-electron chi connectivity index (χ1n) is 10.6. The van der Waals surface area contributed by atoms with Crippen molar-refractivity contribution in [3.8, 4) is 0 Å². The number of nitrogens with one attached hydrogen (secondary N) is 1. The van der Waals surface area contributed by atoms with Crippen LogP contribution in [0.1, 0.15) is 30.1 Å². The molecule has 2 aromatic rings. The maximum absolute atomic E-state index is 12.7. The monoisotopic (exact) mass is 423 g/mol. The zero-order chi connectivity index (χ0) is 22.2. The number of ether oxygens (including phenoxy) is 1. The molecule has 2 amide bonds. The molecule has 1 N–H and O–H groups in total. The fraction of sp³-hybridized carbons (Fsp3) is 0.375. The van der Waals surface area contributed by atoms with Crippen LogP contribution in [-0.4, -0.2) is 56.0 Å². The zero-order valence-electron chi connectivity index (χ0n) is 18.0. The average molecular weight is 424 g/mol. The maximum Gasteiger partial charge on any atom is 0.309 e. The van der Waals surface area contributed by atoms with Crippen molar-refractivity contribution in [3.05, 3.63) is 60.2 Å². The van der Waals surface area contributed by atoms with Gasteiger partial charge >= 0.3 is 5.97 Å². The maximum atomic E-state index is 12.7. The number of nitrogens with zero attached hydrogens (tertiary/aromatic N) is 2. The molecule has 0 bridgehead atoms. The minimum Gasteiger partial charge on any atom is -0.466 e. The molecule has 1 saturated heterocycles. The smallest absolute Gasteiger partial charge is 0.309 e. The lowest BCUT2D eigenvalue weighted by Crippen LogP contribution is -2.43. The molecular weight excluding hydrogens is 394 g/mol. The van der Waals surface area contributed by atoms with E-state index in [9.17, 15) is 14.4 Å². The number of hydrogen-bond acceptors (Lipinski definition) is 5. The summed E-state index contributed by atoms with van der Waals surface area (Å²) in [4.78, 5) is 40.3. The van der Waals surface area contributed by atoms with E-state index in [0.717, 1.165) is 11.4 Å². The molecule has 1 aliphatic rings. The van der Waals surface area contributed by atoms with Gasteiger partial charge in [-0.05, 0) is 56.2 Å². The van der Waals surface area contributed by atoms with E-state index in [4.69, 9.17) is 4.74 Å². The third-order valence-electron chi connectivity index (χ3n) is 5.49. The predicted molar refractivity (Wildman–Crippen MR) is 120 cm³/mol. The summed E-state index contributed by atoms with van der Waals surface area (Å²) < 4.78 is 5.07. The van der Waals surface area contributed by atoms with Gasteiger partial charge in [0.2, 0.25) is 5.91 Å². The van der Waals surface area contributed by atoms with Crippen molar-refractivity contribution in [2.24, 2.45) is 5.92 Å². The average Bonchev–Trinajstić information content (AvgIpc) is 2.82. The summed E-state index contributed by atoms with van der Waals surface area (Å²) in [7, 11) is 1.74. The van der Waals surface area contributed by atoms with Gasteiger partial charge in [-0.1, -0.05) is 18.2 Å². The van der Waals surface area contributed by atoms with Crippen LogP contribution in [0.4, 0.5) is 11.4 Å². The Morgan fingerprint density at radius 2 is 1.68 bits per heavy atom. The number of carbonyl (C=O) groups is 3. The molecular formula is C24H29N3O4. The fourth-order valence-electron chi connectivity index (χ4n) is 3.61. The Hall–Kier alpha value is -3.35. The minimum absolute atomic E-state index is 0.00808. The summed E-state index contributed by atoms with van der Waals surface area (Å²) in [6, 6.07) is 16.6. The summed E-state index contributed by atoms with van der Waals surface area (Å²) in [5.41, 5.74) is 2.17. The molecule has 0 radical (unpaired) electrons. The van der Waals surface area contributed by atoms with Crippen molar-refractivity contribution in [2.45, 2.75) is 19.8 Å². The number of amides is 2. The Balaban J connectivity index is 1.48. The van der Waals surface area contributed by atoms with E-state index in [1.807, 2.05) is 30.3 Å². The first kappa shape index (κ1) is 22.3. The summed E-state index contributed by atoms with van der Waals surface area (Å²) in [5.74, 6) is -0.388. The number of piperidine rings is 1. The Kier molecular flexibility index (Phi) is 7.65. The predicted octanol–water partition coefficient (Wildman–Crippen LogP) is 3.18. The highest BCUT2D eigenvalue weighted by Crippen LogP contribution is 2.19. The van der Waals surface area contributed by atoms with Crippen LogP contribution in [0.3, 0.4) is 0 Å². The lowest BCUT2D eigenvalue weighted by Gasteiger charge is -2.31. The highest BCUT2D eigenvalue weighted by Gasteiger charge is 2.28. The minimum atomic E-state index is -0.166. The van der Waals surface area contributed by atoms with Crippen LogP contribution < -0.4 is 10.2 Å². The second-order valence-electron chi connectivity index (χ2n) is 7.54. The molecule has 3 rings (SSSR count). The molecule has 7 nitrogen and oxygen atoms in total. The summed E-state index contributed by atoms with van der Waals surface area (Å²) in [6.07, 6.45) is 1.27. The molecule has 0 atom stereocenters. The summed E-state index contributed by atoms with van der Waals surface area (Å²) in [5, 5.41) is 3.12. The van der Waals surface area contributed by atoms with Crippen LogP contribution in [0.15, 0.2) is 54.6 Å². The van der Waals surface area contributed by atoms with Crippen LogP contribution in [-0.2, 0) is 14.3 Å². The molecule has 0 saturated carbocycles. The molecule has 0 aliphatic carbocycles. The van der Waals surface area contributed by atoms with Gasteiger partial charge in [0.05, 0.1) is 19.1 Å². The van der Waals surface area contributed by atoms with Crippen molar-refractivity contribution in [2.75, 3.05) is 43.5 Å². The quantitative estimate of drug-likeness (QED) is 0.692. The second-order valence-corrected chi connectivity index (χ2v) is 7.54. The number of rotatable bonds is 7. The third-order valence-corrected chi connectivity index (χ3v) is 5.49. The molecule has 0 unspecified atom stereocenters. The van der Waals surface area contributed by atoms with Crippen LogP contribution in [0, 0.1) is 5.92 Å². The van der Waals surface area contributed by atoms with Gasteiger partial charge in [0, 0.05) is 37.1 Å². The van der Waals surface area contributed by atoms with E-state index in [1.54, 1.807) is 48.0 Å². The molecule has 1 heterocycles. The van der Waals surface area contributed by atoms with E-state index < -0.39 is 0 Å². The van der Waals surface area contributed by atoms with Crippen molar-refractivity contribution in [3.63, 3.8) is 0 Å². The Morgan fingerprint density at radius 3 is 2.29 bits per heavy atom. The standard InChI is InChI=1S/C24H29N3O4/c1-3-31-24(30)19-13-15-27(16-14-19)22(28)17-25-20-11-9-18(10-12-20)23(29)26(2)21-7-5-4-6-8-21/h4-12,19,25H,3,13-17H2,1-2H3. The van der Waals surface area contributed by atoms with Crippen molar-refractivity contribution >= 4 is 29.2 Å². The van der Waals surface area contributed by atoms with Gasteiger partial charge in [-0.25, -0.2) is 0 Å². The summed E-state index contributed by atoms with van der Waals surface area (Å²) in [6.45, 7) is 3.47. The number of carbonyl (C=O) groups excluding carboxylic acids is 3. The summed E-state index contributed by atoms with van der Waals surface area (Å²) >= 11 is 0. The van der Waals surface area contributed by atoms with Crippen LogP contribution in [0.25, 0.3) is 0 Å². The van der Waals surface area contributed by atoms with Gasteiger partial charge in [0.1, 0.15) is 0 Å². The topological polar surface area (TPSA) is 79.0 Å². The molecule has 0 spiro atoms. The Morgan fingerprint density at radius 1 is 1.03 bits per heavy atom. The lowest BCUT2D eigenvalue weighted by atomic mass is 9.97. The Bertz CT molecular complexity index is 891.